The lowest BCUT2D eigenvalue weighted by Gasteiger charge is -2.51. The van der Waals surface area contributed by atoms with Crippen LogP contribution in [0, 0.1) is 0 Å². The molecule has 2 heterocycles. The van der Waals surface area contributed by atoms with Gasteiger partial charge in [-0.05, 0) is 29.3 Å². The highest BCUT2D eigenvalue weighted by Crippen LogP contribution is 2.40. The molecule has 5 nitrogen and oxygen atoms in total. The van der Waals surface area contributed by atoms with E-state index in [9.17, 15) is 14.7 Å². The van der Waals surface area contributed by atoms with Crippen molar-refractivity contribution in [3.05, 3.63) is 45.1 Å². The molecule has 3 rings (SSSR count). The number of carbonyl (C=O) groups is 2. The minimum Gasteiger partial charge on any atom is -0.543 e. The van der Waals surface area contributed by atoms with Crippen LogP contribution in [0.4, 0.5) is 0 Å². The first-order chi connectivity index (χ1) is 12.3. The van der Waals surface area contributed by atoms with Gasteiger partial charge in [0.2, 0.25) is 0 Å². The van der Waals surface area contributed by atoms with E-state index in [1.165, 1.54) is 16.7 Å². The van der Waals surface area contributed by atoms with Crippen molar-refractivity contribution in [2.24, 2.45) is 0 Å². The van der Waals surface area contributed by atoms with Crippen LogP contribution in [0.1, 0.15) is 5.56 Å². The van der Waals surface area contributed by atoms with Crippen molar-refractivity contribution in [2.45, 2.75) is 17.8 Å². The van der Waals surface area contributed by atoms with E-state index in [0.29, 0.717) is 32.8 Å². The molecule has 2 atom stereocenters. The Kier molecular flexibility index (Phi) is 6.04. The molecule has 0 saturated carbocycles. The fourth-order valence-electron chi connectivity index (χ4n) is 2.85. The molecule has 2 aliphatic heterocycles. The van der Waals surface area contributed by atoms with Gasteiger partial charge in [0.25, 0.3) is 5.91 Å². The molecule has 2 aliphatic rings. The summed E-state index contributed by atoms with van der Waals surface area (Å²) in [6, 6.07) is 4.47. The fraction of sp³-hybridized carbons (Fsp3) is 0.312. The molecule has 0 bridgehead atoms. The summed E-state index contributed by atoms with van der Waals surface area (Å²) in [6.07, 6.45) is 0.325. The zero-order valence-electron chi connectivity index (χ0n) is 13.1. The molecule has 26 heavy (non-hydrogen) atoms. The second-order valence-electron chi connectivity index (χ2n) is 5.74. The highest BCUT2D eigenvalue weighted by molar-refractivity contribution is 8.00. The number of nitrogens with one attached hydrogen (secondary N) is 1. The molecule has 1 aromatic rings. The van der Waals surface area contributed by atoms with Gasteiger partial charge in [-0.2, -0.15) is 0 Å². The Hall–Kier alpha value is -0.990. The maximum Gasteiger partial charge on any atom is 0.253 e. The van der Waals surface area contributed by atoms with Crippen LogP contribution < -0.4 is 10.4 Å². The van der Waals surface area contributed by atoms with Gasteiger partial charge in [-0.1, -0.05) is 35.4 Å². The summed E-state index contributed by atoms with van der Waals surface area (Å²) in [7, 11) is 0. The summed E-state index contributed by atoms with van der Waals surface area (Å²) in [5, 5.41) is 15.1. The molecular formula is C16H12Cl3N2O3S2-. The highest BCUT2D eigenvalue weighted by Gasteiger charge is 2.52. The number of carboxylic acids is 1. The number of aliphatic carboxylic acids is 1. The number of β-lactam (4-membered cyclic amide) rings is 1. The van der Waals surface area contributed by atoms with Crippen molar-refractivity contribution < 1.29 is 14.7 Å². The van der Waals surface area contributed by atoms with E-state index in [4.69, 9.17) is 47.0 Å². The second-order valence-corrected chi connectivity index (χ2v) is 8.45. The molecule has 0 aromatic heterocycles. The molecule has 10 heteroatoms. The quantitative estimate of drug-likeness (QED) is 0.420. The number of carboxylic acid groups (broad SMARTS) is 1. The Labute approximate surface area is 174 Å². The topological polar surface area (TPSA) is 72.5 Å². The number of nitrogens with zero attached hydrogens (tertiary/aromatic N) is 1. The van der Waals surface area contributed by atoms with Crippen molar-refractivity contribution in [3.63, 3.8) is 0 Å². The average molecular weight is 451 g/mol. The molecule has 1 N–H and O–H groups in total. The van der Waals surface area contributed by atoms with E-state index in [1.54, 1.807) is 18.2 Å². The fourth-order valence-corrected chi connectivity index (χ4v) is 5.19. The van der Waals surface area contributed by atoms with Crippen molar-refractivity contribution >= 4 is 75.6 Å². The molecular weight excluding hydrogens is 439 g/mol. The van der Waals surface area contributed by atoms with Gasteiger partial charge in [-0.3, -0.25) is 9.69 Å². The molecule has 138 valence electrons. The van der Waals surface area contributed by atoms with E-state index >= 15 is 0 Å². The molecule has 1 amide bonds. The van der Waals surface area contributed by atoms with Gasteiger partial charge in [-0.15, -0.1) is 23.4 Å². The Morgan fingerprint density at radius 2 is 2.15 bits per heavy atom. The largest absolute Gasteiger partial charge is 0.543 e. The van der Waals surface area contributed by atoms with Crippen molar-refractivity contribution in [1.82, 2.24) is 10.2 Å². The van der Waals surface area contributed by atoms with Gasteiger partial charge >= 0.3 is 0 Å². The average Bonchev–Trinajstić information content (AvgIpc) is 2.61. The summed E-state index contributed by atoms with van der Waals surface area (Å²) in [6.45, 7) is 0. The summed E-state index contributed by atoms with van der Waals surface area (Å²) in [5.74, 6) is -1.31. The number of benzene rings is 1. The van der Waals surface area contributed by atoms with Crippen molar-refractivity contribution in [2.75, 3.05) is 11.6 Å². The van der Waals surface area contributed by atoms with E-state index in [2.05, 4.69) is 5.32 Å². The molecule has 0 aliphatic carbocycles. The first-order valence-electron chi connectivity index (χ1n) is 7.50. The summed E-state index contributed by atoms with van der Waals surface area (Å²) < 4.78 is 0. The van der Waals surface area contributed by atoms with Crippen LogP contribution in [0.3, 0.4) is 0 Å². The number of hydrogen-bond acceptors (Lipinski definition) is 5. The number of alkyl halides is 1. The Balaban J connectivity index is 1.70. The Morgan fingerprint density at radius 3 is 2.81 bits per heavy atom. The van der Waals surface area contributed by atoms with Gasteiger partial charge in [0.1, 0.15) is 11.4 Å². The predicted molar refractivity (Wildman–Crippen MR) is 106 cm³/mol. The van der Waals surface area contributed by atoms with Gasteiger partial charge in [-0.25, -0.2) is 0 Å². The van der Waals surface area contributed by atoms with Crippen LogP contribution >= 0.6 is 58.8 Å². The first kappa shape index (κ1) is 19.8. The zero-order chi connectivity index (χ0) is 19.0. The zero-order valence-corrected chi connectivity index (χ0v) is 17.0. The molecule has 0 unspecified atom stereocenters. The number of thioether (sulfide) groups is 1. The minimum atomic E-state index is -1.40. The molecule has 1 fully saturated rings. The van der Waals surface area contributed by atoms with E-state index in [1.807, 2.05) is 0 Å². The van der Waals surface area contributed by atoms with E-state index < -0.39 is 12.0 Å². The number of carbonyl (C=O) groups excluding carboxylic acids is 2. The number of rotatable bonds is 5. The minimum absolute atomic E-state index is 0.0383. The van der Waals surface area contributed by atoms with Gasteiger partial charge < -0.3 is 15.2 Å². The number of fused-ring (bicyclic) bond motifs is 1. The predicted octanol–water partition coefficient (Wildman–Crippen LogP) is 1.98. The summed E-state index contributed by atoms with van der Waals surface area (Å²) >= 11 is 24.7. The molecule has 1 saturated heterocycles. The monoisotopic (exact) mass is 449 g/mol. The third-order valence-electron chi connectivity index (χ3n) is 4.08. The Bertz CT molecular complexity index is 831. The van der Waals surface area contributed by atoms with Crippen LogP contribution in [-0.4, -0.2) is 44.8 Å². The van der Waals surface area contributed by atoms with E-state index in [0.717, 1.165) is 5.56 Å². The number of amides is 1. The lowest BCUT2D eigenvalue weighted by Crippen LogP contribution is -2.71. The molecule has 1 aromatic carbocycles. The normalized spacial score (nSPS) is 22.0. The maximum absolute atomic E-state index is 12.5. The smallest absolute Gasteiger partial charge is 0.253 e. The van der Waals surface area contributed by atoms with Crippen molar-refractivity contribution in [3.8, 4) is 0 Å². The molecule has 0 radical (unpaired) electrons. The third-order valence-corrected chi connectivity index (χ3v) is 6.61. The van der Waals surface area contributed by atoms with Crippen LogP contribution in [0.5, 0.6) is 0 Å². The van der Waals surface area contributed by atoms with Crippen molar-refractivity contribution in [1.29, 1.82) is 0 Å². The lowest BCUT2D eigenvalue weighted by atomic mass is 10.0. The lowest BCUT2D eigenvalue weighted by molar-refractivity contribution is -0.301. The van der Waals surface area contributed by atoms with Crippen LogP contribution in [-0.2, 0) is 16.0 Å². The first-order valence-corrected chi connectivity index (χ1v) is 10.3. The maximum atomic E-state index is 12.5. The van der Waals surface area contributed by atoms with Gasteiger partial charge in [0.05, 0.1) is 16.7 Å². The number of thiocarbonyl (C=S) groups is 1. The van der Waals surface area contributed by atoms with Crippen LogP contribution in [0.2, 0.25) is 10.0 Å². The highest BCUT2D eigenvalue weighted by atomic mass is 35.5. The standard InChI is InChI=1S/C16H13Cl3N2O3S2/c17-5-8-6-26-15-12(14(22)21(15)13(8)16(23)24)20-11(25)4-7-3-9(18)1-2-10(7)19/h1-3,12,15H,4-6H2,(H,20,25)(H,23,24)/p-1/t12-,15-/m1/s1. The van der Waals surface area contributed by atoms with Crippen LogP contribution in [0.25, 0.3) is 0 Å². The SMILES string of the molecule is O=C([O-])C1=C(CCl)CS[C@@H]2[C@H](NC(=S)Cc3cc(Cl)ccc3Cl)C(=O)N12. The third kappa shape index (κ3) is 3.68. The Morgan fingerprint density at radius 1 is 1.42 bits per heavy atom. The molecule has 0 spiro atoms. The van der Waals surface area contributed by atoms with E-state index in [-0.39, 0.29) is 22.9 Å². The van der Waals surface area contributed by atoms with Gasteiger partial charge in [0.15, 0.2) is 0 Å². The summed E-state index contributed by atoms with van der Waals surface area (Å²) in [4.78, 5) is 25.5. The van der Waals surface area contributed by atoms with Crippen LogP contribution in [0.15, 0.2) is 29.5 Å². The number of halogens is 3. The number of hydrogen-bond donors (Lipinski definition) is 1. The van der Waals surface area contributed by atoms with Gasteiger partial charge in [0, 0.05) is 28.1 Å². The summed E-state index contributed by atoms with van der Waals surface area (Å²) in [5.41, 5.74) is 1.10. The second kappa shape index (κ2) is 7.94.